The minimum Gasteiger partial charge on any atom is -0.271 e. The van der Waals surface area contributed by atoms with E-state index in [-0.39, 0.29) is 0 Å². The summed E-state index contributed by atoms with van der Waals surface area (Å²) in [6.07, 6.45) is -4.38. The third kappa shape index (κ3) is 3.85. The molecular formula is C14H11Br2F3N2. The van der Waals surface area contributed by atoms with Crippen LogP contribution < -0.4 is 11.3 Å². The summed E-state index contributed by atoms with van der Waals surface area (Å²) in [4.78, 5) is 0. The van der Waals surface area contributed by atoms with Gasteiger partial charge in [0.15, 0.2) is 0 Å². The van der Waals surface area contributed by atoms with Gasteiger partial charge in [0.25, 0.3) is 0 Å². The predicted octanol–water partition coefficient (Wildman–Crippen LogP) is 4.78. The number of hydrogen-bond donors (Lipinski definition) is 2. The number of benzene rings is 2. The highest BCUT2D eigenvalue weighted by Gasteiger charge is 2.31. The molecule has 0 fully saturated rings. The highest BCUT2D eigenvalue weighted by Crippen LogP contribution is 2.34. The quantitative estimate of drug-likeness (QED) is 0.550. The van der Waals surface area contributed by atoms with Crippen molar-refractivity contribution in [2.45, 2.75) is 12.2 Å². The molecule has 21 heavy (non-hydrogen) atoms. The Morgan fingerprint density at radius 2 is 1.76 bits per heavy atom. The van der Waals surface area contributed by atoms with E-state index in [0.29, 0.717) is 5.56 Å². The molecule has 0 aliphatic heterocycles. The maximum atomic E-state index is 12.8. The highest BCUT2D eigenvalue weighted by atomic mass is 79.9. The van der Waals surface area contributed by atoms with E-state index in [9.17, 15) is 13.2 Å². The van der Waals surface area contributed by atoms with Crippen molar-refractivity contribution in [2.24, 2.45) is 5.84 Å². The third-order valence-corrected chi connectivity index (χ3v) is 4.17. The number of nitrogens with two attached hydrogens (primary N) is 1. The van der Waals surface area contributed by atoms with Gasteiger partial charge in [-0.15, -0.1) is 0 Å². The summed E-state index contributed by atoms with van der Waals surface area (Å²) in [6, 6.07) is 9.97. The zero-order valence-corrected chi connectivity index (χ0v) is 13.8. The van der Waals surface area contributed by atoms with Crippen LogP contribution in [0.15, 0.2) is 51.4 Å². The third-order valence-electron chi connectivity index (χ3n) is 2.99. The molecule has 0 heterocycles. The standard InChI is InChI=1S/C14H11Br2F3N2/c15-10-4-5-11(12(16)7-10)13(21-20)8-2-1-3-9(6-8)14(17,18)19/h1-7,13,21H,20H2. The smallest absolute Gasteiger partial charge is 0.271 e. The van der Waals surface area contributed by atoms with Crippen LogP contribution in [0.25, 0.3) is 0 Å². The first-order valence-electron chi connectivity index (χ1n) is 5.91. The number of hydrazine groups is 1. The Morgan fingerprint density at radius 3 is 2.33 bits per heavy atom. The van der Waals surface area contributed by atoms with E-state index in [1.54, 1.807) is 18.2 Å². The summed E-state index contributed by atoms with van der Waals surface area (Å²) < 4.78 is 40.0. The average Bonchev–Trinajstić information content (AvgIpc) is 2.41. The fraction of sp³-hybridized carbons (Fsp3) is 0.143. The van der Waals surface area contributed by atoms with Gasteiger partial charge in [0, 0.05) is 8.95 Å². The SMILES string of the molecule is NNC(c1cccc(C(F)(F)F)c1)c1ccc(Br)cc1Br. The molecule has 2 aromatic rings. The second-order valence-corrected chi connectivity index (χ2v) is 6.16. The molecule has 2 nitrogen and oxygen atoms in total. The summed E-state index contributed by atoms with van der Waals surface area (Å²) >= 11 is 6.73. The van der Waals surface area contributed by atoms with Crippen LogP contribution >= 0.6 is 31.9 Å². The van der Waals surface area contributed by atoms with Gasteiger partial charge in [-0.1, -0.05) is 50.1 Å². The molecule has 3 N–H and O–H groups in total. The largest absolute Gasteiger partial charge is 0.416 e. The molecule has 2 aromatic carbocycles. The van der Waals surface area contributed by atoms with E-state index < -0.39 is 17.8 Å². The first-order chi connectivity index (χ1) is 9.82. The summed E-state index contributed by atoms with van der Waals surface area (Å²) in [6.45, 7) is 0. The Hall–Kier alpha value is -0.890. The predicted molar refractivity (Wildman–Crippen MR) is 82.5 cm³/mol. The van der Waals surface area contributed by atoms with E-state index >= 15 is 0 Å². The molecule has 0 aromatic heterocycles. The lowest BCUT2D eigenvalue weighted by molar-refractivity contribution is -0.137. The van der Waals surface area contributed by atoms with E-state index in [0.717, 1.165) is 26.6 Å². The van der Waals surface area contributed by atoms with Crippen molar-refractivity contribution in [3.8, 4) is 0 Å². The van der Waals surface area contributed by atoms with E-state index in [1.165, 1.54) is 6.07 Å². The Morgan fingerprint density at radius 1 is 1.05 bits per heavy atom. The molecule has 1 unspecified atom stereocenters. The van der Waals surface area contributed by atoms with Gasteiger partial charge in [-0.25, -0.2) is 5.43 Å². The lowest BCUT2D eigenvalue weighted by atomic mass is 9.97. The molecule has 1 atom stereocenters. The van der Waals surface area contributed by atoms with Gasteiger partial charge in [0.2, 0.25) is 0 Å². The molecule has 0 aliphatic rings. The zero-order valence-electron chi connectivity index (χ0n) is 10.6. The van der Waals surface area contributed by atoms with Gasteiger partial charge in [0.05, 0.1) is 11.6 Å². The molecular weight excluding hydrogens is 413 g/mol. The second kappa shape index (κ2) is 6.48. The summed E-state index contributed by atoms with van der Waals surface area (Å²) in [5, 5.41) is 0. The maximum absolute atomic E-state index is 12.8. The number of rotatable bonds is 3. The molecule has 2 rings (SSSR count). The molecule has 0 bridgehead atoms. The molecule has 0 aliphatic carbocycles. The molecule has 112 valence electrons. The Kier molecular flexibility index (Phi) is 5.08. The summed E-state index contributed by atoms with van der Waals surface area (Å²) in [7, 11) is 0. The zero-order chi connectivity index (χ0) is 15.6. The minimum atomic E-state index is -4.38. The first kappa shape index (κ1) is 16.5. The fourth-order valence-electron chi connectivity index (χ4n) is 2.00. The molecule has 0 saturated carbocycles. The second-order valence-electron chi connectivity index (χ2n) is 4.39. The minimum absolute atomic E-state index is 0.440. The monoisotopic (exact) mass is 422 g/mol. The number of halogens is 5. The van der Waals surface area contributed by atoms with Gasteiger partial charge in [-0.3, -0.25) is 5.84 Å². The Balaban J connectivity index is 2.47. The molecule has 0 radical (unpaired) electrons. The van der Waals surface area contributed by atoms with E-state index in [1.807, 2.05) is 6.07 Å². The Labute approximate surface area is 136 Å². The van der Waals surface area contributed by atoms with Crippen LogP contribution in [-0.2, 0) is 6.18 Å². The maximum Gasteiger partial charge on any atom is 0.416 e. The molecule has 0 spiro atoms. The van der Waals surface area contributed by atoms with Crippen LogP contribution in [0, 0.1) is 0 Å². The van der Waals surface area contributed by atoms with Crippen molar-refractivity contribution < 1.29 is 13.2 Å². The van der Waals surface area contributed by atoms with Gasteiger partial charge in [0.1, 0.15) is 0 Å². The van der Waals surface area contributed by atoms with Crippen molar-refractivity contribution in [2.75, 3.05) is 0 Å². The summed E-state index contributed by atoms with van der Waals surface area (Å²) in [5.41, 5.74) is 3.05. The van der Waals surface area contributed by atoms with Gasteiger partial charge < -0.3 is 0 Å². The van der Waals surface area contributed by atoms with Crippen molar-refractivity contribution in [1.29, 1.82) is 0 Å². The lowest BCUT2D eigenvalue weighted by Crippen LogP contribution is -2.29. The Bertz CT molecular complexity index is 644. The lowest BCUT2D eigenvalue weighted by Gasteiger charge is -2.20. The van der Waals surface area contributed by atoms with Gasteiger partial charge in [-0.05, 0) is 35.4 Å². The fourth-order valence-corrected chi connectivity index (χ4v) is 3.27. The topological polar surface area (TPSA) is 38.0 Å². The summed E-state index contributed by atoms with van der Waals surface area (Å²) in [5.74, 6) is 5.54. The van der Waals surface area contributed by atoms with Crippen LogP contribution in [0.5, 0.6) is 0 Å². The number of nitrogens with one attached hydrogen (secondary N) is 1. The molecule has 7 heteroatoms. The van der Waals surface area contributed by atoms with Crippen LogP contribution in [0.4, 0.5) is 13.2 Å². The highest BCUT2D eigenvalue weighted by molar-refractivity contribution is 9.11. The number of hydrogen-bond acceptors (Lipinski definition) is 2. The molecule has 0 amide bonds. The van der Waals surface area contributed by atoms with E-state index in [2.05, 4.69) is 37.3 Å². The number of alkyl halides is 3. The van der Waals surface area contributed by atoms with Crippen molar-refractivity contribution in [1.82, 2.24) is 5.43 Å². The van der Waals surface area contributed by atoms with Crippen molar-refractivity contribution in [3.05, 3.63) is 68.1 Å². The van der Waals surface area contributed by atoms with Crippen molar-refractivity contribution in [3.63, 3.8) is 0 Å². The molecule has 0 saturated heterocycles. The van der Waals surface area contributed by atoms with Crippen LogP contribution in [0.3, 0.4) is 0 Å². The van der Waals surface area contributed by atoms with Gasteiger partial charge in [-0.2, -0.15) is 13.2 Å². The van der Waals surface area contributed by atoms with Crippen LogP contribution in [-0.4, -0.2) is 0 Å². The van der Waals surface area contributed by atoms with Crippen molar-refractivity contribution >= 4 is 31.9 Å². The van der Waals surface area contributed by atoms with Gasteiger partial charge >= 0.3 is 6.18 Å². The average molecular weight is 424 g/mol. The van der Waals surface area contributed by atoms with Crippen LogP contribution in [0.1, 0.15) is 22.7 Å². The first-order valence-corrected chi connectivity index (χ1v) is 7.50. The van der Waals surface area contributed by atoms with Crippen LogP contribution in [0.2, 0.25) is 0 Å². The normalized spacial score (nSPS) is 13.2. The van der Waals surface area contributed by atoms with E-state index in [4.69, 9.17) is 5.84 Å².